The number of hydrogen-bond acceptors (Lipinski definition) is 2. The molecule has 2 N–H and O–H groups in total. The number of halogens is 1. The normalized spacial score (nSPS) is 14.1. The number of amides is 1. The second kappa shape index (κ2) is 8.28. The van der Waals surface area contributed by atoms with Gasteiger partial charge in [-0.1, -0.05) is 37.6 Å². The molecule has 1 rings (SSSR count). The van der Waals surface area contributed by atoms with Gasteiger partial charge in [0, 0.05) is 18.1 Å². The fraction of sp³-hybridized carbons (Fsp3) is 0.562. The van der Waals surface area contributed by atoms with Crippen molar-refractivity contribution >= 4 is 17.5 Å². The van der Waals surface area contributed by atoms with Crippen LogP contribution in [-0.4, -0.2) is 25.0 Å². The van der Waals surface area contributed by atoms with Crippen molar-refractivity contribution in [2.45, 2.75) is 45.7 Å². The van der Waals surface area contributed by atoms with Crippen LogP contribution in [0.5, 0.6) is 0 Å². The zero-order valence-electron chi connectivity index (χ0n) is 12.7. The number of likely N-dealkylation sites (N-methyl/N-ethyl adjacent to an activating group) is 1. The lowest BCUT2D eigenvalue weighted by Crippen LogP contribution is -2.47. The molecule has 0 bridgehead atoms. The second-order valence-electron chi connectivity index (χ2n) is 5.69. The summed E-state index contributed by atoms with van der Waals surface area (Å²) in [7, 11) is 1.68. The highest BCUT2D eigenvalue weighted by Crippen LogP contribution is 2.12. The van der Waals surface area contributed by atoms with Crippen LogP contribution in [0.4, 0.5) is 0 Å². The van der Waals surface area contributed by atoms with Crippen LogP contribution in [0.3, 0.4) is 0 Å². The van der Waals surface area contributed by atoms with Crippen LogP contribution < -0.4 is 10.6 Å². The van der Waals surface area contributed by atoms with E-state index in [2.05, 4.69) is 31.4 Å². The highest BCUT2D eigenvalue weighted by molar-refractivity contribution is 6.30. The predicted octanol–water partition coefficient (Wildman–Crippen LogP) is 3.02. The summed E-state index contributed by atoms with van der Waals surface area (Å²) in [4.78, 5) is 11.9. The maximum absolute atomic E-state index is 11.9. The van der Waals surface area contributed by atoms with Crippen molar-refractivity contribution in [2.24, 2.45) is 5.92 Å². The summed E-state index contributed by atoms with van der Waals surface area (Å²) < 4.78 is 0. The zero-order chi connectivity index (χ0) is 15.1. The lowest BCUT2D eigenvalue weighted by atomic mass is 10.0. The minimum atomic E-state index is -0.137. The molecule has 0 saturated heterocycles. The van der Waals surface area contributed by atoms with Gasteiger partial charge in [0.25, 0.3) is 0 Å². The molecule has 4 heteroatoms. The summed E-state index contributed by atoms with van der Waals surface area (Å²) in [6.07, 6.45) is 1.72. The molecule has 0 aliphatic carbocycles. The Morgan fingerprint density at radius 1 is 1.20 bits per heavy atom. The van der Waals surface area contributed by atoms with Crippen molar-refractivity contribution in [2.75, 3.05) is 7.05 Å². The molecule has 1 aromatic carbocycles. The summed E-state index contributed by atoms with van der Waals surface area (Å²) in [6, 6.07) is 7.94. The van der Waals surface area contributed by atoms with Crippen molar-refractivity contribution in [3.8, 4) is 0 Å². The first-order valence-corrected chi connectivity index (χ1v) is 7.52. The topological polar surface area (TPSA) is 41.1 Å². The van der Waals surface area contributed by atoms with Gasteiger partial charge in [-0.15, -0.1) is 0 Å². The molecule has 112 valence electrons. The van der Waals surface area contributed by atoms with Crippen LogP contribution in [0.25, 0.3) is 0 Å². The molecule has 2 atom stereocenters. The van der Waals surface area contributed by atoms with Gasteiger partial charge < -0.3 is 10.6 Å². The molecule has 0 aliphatic rings. The maximum atomic E-state index is 11.9. The largest absolute Gasteiger partial charge is 0.358 e. The Kier molecular flexibility index (Phi) is 7.03. The molecular weight excluding hydrogens is 272 g/mol. The smallest absolute Gasteiger partial charge is 0.236 e. The summed E-state index contributed by atoms with van der Waals surface area (Å²) >= 11 is 5.88. The number of rotatable bonds is 7. The number of benzene rings is 1. The van der Waals surface area contributed by atoms with Crippen molar-refractivity contribution in [3.05, 3.63) is 34.9 Å². The van der Waals surface area contributed by atoms with E-state index >= 15 is 0 Å². The van der Waals surface area contributed by atoms with Crippen LogP contribution in [0, 0.1) is 5.92 Å². The molecule has 3 nitrogen and oxygen atoms in total. The minimum Gasteiger partial charge on any atom is -0.358 e. The van der Waals surface area contributed by atoms with Crippen LogP contribution in [0.2, 0.25) is 5.02 Å². The third kappa shape index (κ3) is 5.93. The first-order chi connectivity index (χ1) is 9.42. The van der Waals surface area contributed by atoms with E-state index in [0.717, 1.165) is 17.9 Å². The van der Waals surface area contributed by atoms with E-state index < -0.39 is 0 Å². The molecule has 1 amide bonds. The van der Waals surface area contributed by atoms with Crippen LogP contribution in [0.15, 0.2) is 24.3 Å². The highest BCUT2D eigenvalue weighted by atomic mass is 35.5. The Labute approximate surface area is 127 Å². The molecule has 0 radical (unpaired) electrons. The summed E-state index contributed by atoms with van der Waals surface area (Å²) in [5, 5.41) is 6.89. The van der Waals surface area contributed by atoms with Gasteiger partial charge in [-0.05, 0) is 43.4 Å². The third-order valence-corrected chi connectivity index (χ3v) is 3.46. The minimum absolute atomic E-state index is 0.0571. The van der Waals surface area contributed by atoms with E-state index in [0.29, 0.717) is 5.92 Å². The monoisotopic (exact) mass is 296 g/mol. The number of carbonyl (C=O) groups excluding carboxylic acids is 1. The van der Waals surface area contributed by atoms with Crippen molar-refractivity contribution in [1.82, 2.24) is 10.6 Å². The fourth-order valence-electron chi connectivity index (χ4n) is 2.27. The van der Waals surface area contributed by atoms with E-state index in [-0.39, 0.29) is 18.0 Å². The number of carbonyl (C=O) groups is 1. The van der Waals surface area contributed by atoms with E-state index in [4.69, 9.17) is 11.6 Å². The Hall–Kier alpha value is -1.06. The van der Waals surface area contributed by atoms with Crippen LogP contribution in [-0.2, 0) is 11.2 Å². The predicted molar refractivity (Wildman–Crippen MR) is 85.1 cm³/mol. The van der Waals surface area contributed by atoms with E-state index in [1.54, 1.807) is 7.05 Å². The first kappa shape index (κ1) is 17.0. The average molecular weight is 297 g/mol. The fourth-order valence-corrected chi connectivity index (χ4v) is 2.40. The van der Waals surface area contributed by atoms with Crippen molar-refractivity contribution in [3.63, 3.8) is 0 Å². The quantitative estimate of drug-likeness (QED) is 0.812. The summed E-state index contributed by atoms with van der Waals surface area (Å²) in [5.41, 5.74) is 1.22. The van der Waals surface area contributed by atoms with Gasteiger partial charge in [0.1, 0.15) is 0 Å². The lowest BCUT2D eigenvalue weighted by Gasteiger charge is -2.23. The van der Waals surface area contributed by atoms with Gasteiger partial charge in [-0.2, -0.15) is 0 Å². The zero-order valence-corrected chi connectivity index (χ0v) is 13.5. The van der Waals surface area contributed by atoms with Crippen molar-refractivity contribution in [1.29, 1.82) is 0 Å². The van der Waals surface area contributed by atoms with Crippen molar-refractivity contribution < 1.29 is 4.79 Å². The number of hydrogen-bond donors (Lipinski definition) is 2. The molecule has 0 aromatic heterocycles. The molecule has 2 unspecified atom stereocenters. The summed E-state index contributed by atoms with van der Waals surface area (Å²) in [5.74, 6) is 0.536. The molecule has 0 aliphatic heterocycles. The van der Waals surface area contributed by atoms with Gasteiger partial charge >= 0.3 is 0 Å². The highest BCUT2D eigenvalue weighted by Gasteiger charge is 2.20. The Morgan fingerprint density at radius 2 is 1.80 bits per heavy atom. The van der Waals surface area contributed by atoms with E-state index in [1.807, 2.05) is 24.3 Å². The van der Waals surface area contributed by atoms with Gasteiger partial charge in [0.15, 0.2) is 0 Å². The van der Waals surface area contributed by atoms with Gasteiger partial charge in [-0.25, -0.2) is 0 Å². The molecule has 0 heterocycles. The van der Waals surface area contributed by atoms with Gasteiger partial charge in [-0.3, -0.25) is 4.79 Å². The molecule has 0 fully saturated rings. The molecule has 0 spiro atoms. The number of nitrogens with one attached hydrogen (secondary N) is 2. The SMILES string of the molecule is CNC(=O)C(CC(C)C)NC(C)Cc1ccc(Cl)cc1. The standard InChI is InChI=1S/C16H25ClN2O/c1-11(2)9-15(16(20)18-4)19-12(3)10-13-5-7-14(17)8-6-13/h5-8,11-12,15,19H,9-10H2,1-4H3,(H,18,20). The van der Waals surface area contributed by atoms with Gasteiger partial charge in [0.05, 0.1) is 6.04 Å². The third-order valence-electron chi connectivity index (χ3n) is 3.21. The Bertz CT molecular complexity index is 417. The maximum Gasteiger partial charge on any atom is 0.236 e. The van der Waals surface area contributed by atoms with E-state index in [1.165, 1.54) is 5.56 Å². The van der Waals surface area contributed by atoms with Crippen LogP contribution >= 0.6 is 11.6 Å². The molecule has 20 heavy (non-hydrogen) atoms. The van der Waals surface area contributed by atoms with Gasteiger partial charge in [0.2, 0.25) is 5.91 Å². The van der Waals surface area contributed by atoms with E-state index in [9.17, 15) is 4.79 Å². The first-order valence-electron chi connectivity index (χ1n) is 7.14. The Balaban J connectivity index is 2.58. The summed E-state index contributed by atoms with van der Waals surface area (Å²) in [6.45, 7) is 6.35. The molecule has 1 aromatic rings. The second-order valence-corrected chi connectivity index (χ2v) is 6.13. The van der Waals surface area contributed by atoms with Crippen LogP contribution in [0.1, 0.15) is 32.8 Å². The average Bonchev–Trinajstić information content (AvgIpc) is 2.39. The molecule has 0 saturated carbocycles. The Morgan fingerprint density at radius 3 is 2.30 bits per heavy atom. The molecular formula is C16H25ClN2O. The lowest BCUT2D eigenvalue weighted by molar-refractivity contribution is -0.123.